The lowest BCUT2D eigenvalue weighted by Gasteiger charge is -2.25. The highest BCUT2D eigenvalue weighted by Gasteiger charge is 2.48. The summed E-state index contributed by atoms with van der Waals surface area (Å²) in [4.78, 5) is 5.01. The fraction of sp³-hybridized carbons (Fsp3) is 0.474. The van der Waals surface area contributed by atoms with Crippen LogP contribution in [0.25, 0.3) is 0 Å². The number of thioether (sulfide) groups is 1. The number of aromatic hydroxyl groups is 1. The number of aliphatic hydroxyl groups is 1. The molecule has 2 heterocycles. The monoisotopic (exact) mass is 361 g/mol. The third-order valence-corrected chi connectivity index (χ3v) is 7.25. The van der Waals surface area contributed by atoms with Gasteiger partial charge in [0.1, 0.15) is 5.75 Å². The fourth-order valence-electron chi connectivity index (χ4n) is 4.25. The molecule has 1 unspecified atom stereocenters. The minimum absolute atomic E-state index is 0.320. The molecule has 24 heavy (non-hydrogen) atoms. The van der Waals surface area contributed by atoms with Crippen LogP contribution in [0, 0.1) is 11.8 Å². The van der Waals surface area contributed by atoms with Crippen molar-refractivity contribution < 1.29 is 10.2 Å². The summed E-state index contributed by atoms with van der Waals surface area (Å²) < 4.78 is 0. The molecule has 2 aromatic rings. The number of thiophene rings is 1. The van der Waals surface area contributed by atoms with Gasteiger partial charge < -0.3 is 10.2 Å². The SMILES string of the molecule is Oc1ccc(SCN2C[C@@H]3CC(O)(Cc4cccs4)C[C@@H]3C2)cc1. The van der Waals surface area contributed by atoms with Gasteiger partial charge in [-0.05, 0) is 60.4 Å². The lowest BCUT2D eigenvalue weighted by atomic mass is 9.95. The van der Waals surface area contributed by atoms with E-state index in [2.05, 4.69) is 22.4 Å². The van der Waals surface area contributed by atoms with Gasteiger partial charge in [-0.1, -0.05) is 6.07 Å². The van der Waals surface area contributed by atoms with Crippen molar-refractivity contribution in [2.45, 2.75) is 29.8 Å². The molecule has 1 aliphatic carbocycles. The van der Waals surface area contributed by atoms with Gasteiger partial charge in [0.15, 0.2) is 0 Å². The number of likely N-dealkylation sites (tertiary alicyclic amines) is 1. The second-order valence-electron chi connectivity index (χ2n) is 7.21. The topological polar surface area (TPSA) is 43.7 Å². The van der Waals surface area contributed by atoms with Crippen molar-refractivity contribution in [2.75, 3.05) is 19.0 Å². The van der Waals surface area contributed by atoms with Gasteiger partial charge in [0.25, 0.3) is 0 Å². The number of hydrogen-bond acceptors (Lipinski definition) is 5. The lowest BCUT2D eigenvalue weighted by molar-refractivity contribution is 0.0370. The zero-order chi connectivity index (χ0) is 16.6. The highest BCUT2D eigenvalue weighted by molar-refractivity contribution is 7.99. The predicted octanol–water partition coefficient (Wildman–Crippen LogP) is 3.82. The first kappa shape index (κ1) is 16.5. The first-order valence-corrected chi connectivity index (χ1v) is 10.4. The molecule has 3 nitrogen and oxygen atoms in total. The molecule has 1 aromatic heterocycles. The van der Waals surface area contributed by atoms with Crippen molar-refractivity contribution in [3.63, 3.8) is 0 Å². The Kier molecular flexibility index (Phi) is 4.60. The predicted molar refractivity (Wildman–Crippen MR) is 99.6 cm³/mol. The minimum atomic E-state index is -0.490. The summed E-state index contributed by atoms with van der Waals surface area (Å²) in [5, 5.41) is 22.4. The number of rotatable bonds is 5. The smallest absolute Gasteiger partial charge is 0.115 e. The van der Waals surface area contributed by atoms with Gasteiger partial charge in [-0.25, -0.2) is 0 Å². The number of hydrogen-bond donors (Lipinski definition) is 2. The van der Waals surface area contributed by atoms with Crippen LogP contribution in [0.2, 0.25) is 0 Å². The molecule has 0 spiro atoms. The molecular weight excluding hydrogens is 338 g/mol. The van der Waals surface area contributed by atoms with Gasteiger partial charge >= 0.3 is 0 Å². The van der Waals surface area contributed by atoms with E-state index in [1.807, 2.05) is 23.9 Å². The molecule has 1 aliphatic heterocycles. The van der Waals surface area contributed by atoms with Gasteiger partial charge in [-0.2, -0.15) is 0 Å². The summed E-state index contributed by atoms with van der Waals surface area (Å²) in [5.41, 5.74) is -0.490. The van der Waals surface area contributed by atoms with E-state index in [1.54, 1.807) is 23.5 Å². The third-order valence-electron chi connectivity index (χ3n) is 5.27. The molecule has 0 bridgehead atoms. The van der Waals surface area contributed by atoms with E-state index in [-0.39, 0.29) is 0 Å². The average Bonchev–Trinajstić information content (AvgIpc) is 3.22. The number of fused-ring (bicyclic) bond motifs is 1. The van der Waals surface area contributed by atoms with Crippen molar-refractivity contribution in [3.05, 3.63) is 46.7 Å². The van der Waals surface area contributed by atoms with Crippen LogP contribution >= 0.6 is 23.1 Å². The van der Waals surface area contributed by atoms with Gasteiger partial charge in [0, 0.05) is 35.2 Å². The van der Waals surface area contributed by atoms with E-state index >= 15 is 0 Å². The van der Waals surface area contributed by atoms with Crippen molar-refractivity contribution in [1.29, 1.82) is 0 Å². The zero-order valence-corrected chi connectivity index (χ0v) is 15.2. The van der Waals surface area contributed by atoms with Crippen LogP contribution in [0.15, 0.2) is 46.7 Å². The van der Waals surface area contributed by atoms with E-state index in [1.165, 1.54) is 9.77 Å². The molecular formula is C19H23NO2S2. The van der Waals surface area contributed by atoms with Crippen molar-refractivity contribution in [2.24, 2.45) is 11.8 Å². The van der Waals surface area contributed by atoms with Gasteiger partial charge in [0.2, 0.25) is 0 Å². The summed E-state index contributed by atoms with van der Waals surface area (Å²) in [6.07, 6.45) is 2.70. The van der Waals surface area contributed by atoms with Crippen LogP contribution < -0.4 is 0 Å². The van der Waals surface area contributed by atoms with E-state index < -0.39 is 5.60 Å². The average molecular weight is 362 g/mol. The van der Waals surface area contributed by atoms with Crippen LogP contribution in [-0.2, 0) is 6.42 Å². The van der Waals surface area contributed by atoms with Gasteiger partial charge in [-0.15, -0.1) is 23.1 Å². The normalized spacial score (nSPS) is 29.9. The van der Waals surface area contributed by atoms with Crippen molar-refractivity contribution >= 4 is 23.1 Å². The van der Waals surface area contributed by atoms with Crippen LogP contribution in [0.3, 0.4) is 0 Å². The minimum Gasteiger partial charge on any atom is -0.508 e. The van der Waals surface area contributed by atoms with Crippen molar-refractivity contribution in [3.8, 4) is 5.75 Å². The summed E-state index contributed by atoms with van der Waals surface area (Å²) >= 11 is 3.57. The molecule has 1 aromatic carbocycles. The van der Waals surface area contributed by atoms with E-state index in [9.17, 15) is 10.2 Å². The van der Waals surface area contributed by atoms with Gasteiger partial charge in [0.05, 0.1) is 5.60 Å². The first-order chi connectivity index (χ1) is 11.6. The van der Waals surface area contributed by atoms with Gasteiger partial charge in [-0.3, -0.25) is 4.90 Å². The molecule has 2 fully saturated rings. The number of phenols is 1. The molecule has 1 saturated heterocycles. The second-order valence-corrected chi connectivity index (χ2v) is 9.26. The Hall–Kier alpha value is -1.01. The number of nitrogens with zero attached hydrogens (tertiary/aromatic N) is 1. The Balaban J connectivity index is 1.29. The maximum atomic E-state index is 10.9. The van der Waals surface area contributed by atoms with E-state index in [0.717, 1.165) is 38.2 Å². The fourth-order valence-corrected chi connectivity index (χ4v) is 5.97. The molecule has 0 radical (unpaired) electrons. The first-order valence-electron chi connectivity index (χ1n) is 8.49. The highest BCUT2D eigenvalue weighted by atomic mass is 32.2. The molecule has 5 heteroatoms. The quantitative estimate of drug-likeness (QED) is 0.795. The molecule has 2 N–H and O–H groups in total. The summed E-state index contributed by atoms with van der Waals surface area (Å²) in [6.45, 7) is 2.20. The third kappa shape index (κ3) is 3.64. The van der Waals surface area contributed by atoms with Crippen molar-refractivity contribution in [1.82, 2.24) is 4.90 Å². The molecule has 0 amide bonds. The van der Waals surface area contributed by atoms with Crippen LogP contribution in [0.4, 0.5) is 0 Å². The second kappa shape index (κ2) is 6.71. The lowest BCUT2D eigenvalue weighted by Crippen LogP contribution is -2.31. The Morgan fingerprint density at radius 3 is 2.46 bits per heavy atom. The Morgan fingerprint density at radius 1 is 1.12 bits per heavy atom. The largest absolute Gasteiger partial charge is 0.508 e. The molecule has 128 valence electrons. The molecule has 3 atom stereocenters. The van der Waals surface area contributed by atoms with E-state index in [4.69, 9.17) is 0 Å². The number of phenolic OH excluding ortho intramolecular Hbond substituents is 1. The van der Waals surface area contributed by atoms with Crippen LogP contribution in [0.1, 0.15) is 17.7 Å². The Bertz CT molecular complexity index is 657. The van der Waals surface area contributed by atoms with E-state index in [0.29, 0.717) is 17.6 Å². The summed E-state index contributed by atoms with van der Waals surface area (Å²) in [6, 6.07) is 11.6. The Morgan fingerprint density at radius 2 is 1.83 bits per heavy atom. The summed E-state index contributed by atoms with van der Waals surface area (Å²) in [7, 11) is 0. The molecule has 2 aliphatic rings. The highest BCUT2D eigenvalue weighted by Crippen LogP contribution is 2.46. The standard InChI is InChI=1S/C19H23NO2S2/c21-16-3-5-17(6-4-16)24-13-20-11-14-8-19(22,9-15(14)12-20)10-18-2-1-7-23-18/h1-7,14-15,21-22H,8-13H2/t14-,15+,19?. The Labute approximate surface area is 151 Å². The molecule has 4 rings (SSSR count). The number of benzene rings is 1. The zero-order valence-electron chi connectivity index (χ0n) is 13.6. The molecule has 1 saturated carbocycles. The maximum Gasteiger partial charge on any atom is 0.115 e. The van der Waals surface area contributed by atoms with Crippen LogP contribution in [0.5, 0.6) is 5.75 Å². The summed E-state index contributed by atoms with van der Waals surface area (Å²) in [5.74, 6) is 2.58. The maximum absolute atomic E-state index is 10.9. The van der Waals surface area contributed by atoms with Crippen LogP contribution in [-0.4, -0.2) is 39.7 Å².